The fourth-order valence-electron chi connectivity index (χ4n) is 1.31. The van der Waals surface area contributed by atoms with Crippen LogP contribution in [0.1, 0.15) is 60.3 Å². The molecule has 120 valence electrons. The zero-order valence-electron chi connectivity index (χ0n) is 10.4. The van der Waals surface area contributed by atoms with Crippen LogP contribution < -0.4 is 5.90 Å². The van der Waals surface area contributed by atoms with Gasteiger partial charge in [0.2, 0.25) is 0 Å². The zero-order valence-corrected chi connectivity index (χ0v) is 11.2. The fourth-order valence-corrected chi connectivity index (χ4v) is 1.64. The minimum absolute atomic E-state index is 0. The van der Waals surface area contributed by atoms with Gasteiger partial charge < -0.3 is 4.74 Å². The lowest BCUT2D eigenvalue weighted by molar-refractivity contribution is 0.0908. The second-order valence-corrected chi connectivity index (χ2v) is 4.95. The van der Waals surface area contributed by atoms with Gasteiger partial charge in [0.15, 0.2) is 0 Å². The highest BCUT2D eigenvalue weighted by atomic mass is 32.3. The third-order valence-corrected chi connectivity index (χ3v) is 2.91. The maximum atomic E-state index is 10.6. The number of rotatable bonds is 12. The molecule has 0 spiro atoms. The first-order valence-electron chi connectivity index (χ1n) is 5.98. The van der Waals surface area contributed by atoms with Gasteiger partial charge in [0.25, 0.3) is 0 Å². The average Bonchev–Trinajstić information content (AvgIpc) is 2.31. The lowest BCUT2D eigenvalue weighted by Gasteiger charge is -2.04. The predicted octanol–water partition coefficient (Wildman–Crippen LogP) is 2.79. The Balaban J connectivity index is -0.00000128. The molecule has 0 amide bonds. The third kappa shape index (κ3) is 17.8. The second kappa shape index (κ2) is 15.8. The molecule has 0 bridgehead atoms. The van der Waals surface area contributed by atoms with E-state index in [1.807, 2.05) is 0 Å². The summed E-state index contributed by atoms with van der Waals surface area (Å²) < 4.78 is 34.4. The van der Waals surface area contributed by atoms with Crippen molar-refractivity contribution in [3.63, 3.8) is 0 Å². The molecule has 7 heteroatoms. The molecular weight excluding hydrogens is 270 g/mol. The van der Waals surface area contributed by atoms with Crippen molar-refractivity contribution in [2.45, 2.75) is 60.3 Å². The maximum Gasteiger partial charge on any atom is 0.415 e. The van der Waals surface area contributed by atoms with Crippen LogP contribution >= 0.6 is 0 Å². The van der Waals surface area contributed by atoms with Crippen LogP contribution in [0.2, 0.25) is 0 Å². The molecule has 0 fully saturated rings. The van der Waals surface area contributed by atoms with Gasteiger partial charge in [-0.2, -0.15) is 18.6 Å². The summed E-state index contributed by atoms with van der Waals surface area (Å²) >= 11 is 0. The molecule has 0 aliphatic rings. The molecule has 19 heavy (non-hydrogen) atoms. The Kier molecular flexibility index (Phi) is 19.9. The van der Waals surface area contributed by atoms with Gasteiger partial charge in [0.1, 0.15) is 0 Å². The largest absolute Gasteiger partial charge is 0.415 e. The first kappa shape index (κ1) is 23.9. The van der Waals surface area contributed by atoms with Crippen molar-refractivity contribution < 1.29 is 21.6 Å². The van der Waals surface area contributed by atoms with Gasteiger partial charge in [0, 0.05) is 6.61 Å². The molecule has 0 heterocycles. The molecule has 6 nitrogen and oxygen atoms in total. The van der Waals surface area contributed by atoms with E-state index >= 15 is 0 Å². The molecule has 0 aromatic carbocycles. The standard InChI is InChI=1S/C10H23NO5S.2CH4/c1-2-3-4-5-6-7-8-14-9-10-15-17(12,13)16-11;;/h2-11H2,1H3;2*1H4. The number of hydrogen-bond acceptors (Lipinski definition) is 6. The zero-order chi connectivity index (χ0) is 13.0. The van der Waals surface area contributed by atoms with Crippen LogP contribution in [0.3, 0.4) is 0 Å². The Hall–Kier alpha value is -0.210. The molecule has 0 aliphatic carbocycles. The summed E-state index contributed by atoms with van der Waals surface area (Å²) in [7, 11) is -4.03. The van der Waals surface area contributed by atoms with Gasteiger partial charge in [-0.1, -0.05) is 53.9 Å². The van der Waals surface area contributed by atoms with E-state index in [4.69, 9.17) is 4.74 Å². The quantitative estimate of drug-likeness (QED) is 0.440. The molecule has 2 N–H and O–H groups in total. The van der Waals surface area contributed by atoms with Gasteiger partial charge in [-0.3, -0.25) is 0 Å². The summed E-state index contributed by atoms with van der Waals surface area (Å²) in [6, 6.07) is 0. The number of nitrogens with two attached hydrogens (primary N) is 1. The summed E-state index contributed by atoms with van der Waals surface area (Å²) in [4.78, 5) is 0. The summed E-state index contributed by atoms with van der Waals surface area (Å²) in [5.74, 6) is 4.47. The van der Waals surface area contributed by atoms with Crippen molar-refractivity contribution in [1.82, 2.24) is 0 Å². The Morgan fingerprint density at radius 1 is 0.895 bits per heavy atom. The smallest absolute Gasteiger partial charge is 0.379 e. The first-order chi connectivity index (χ1) is 8.12. The van der Waals surface area contributed by atoms with E-state index in [1.54, 1.807) is 0 Å². The minimum Gasteiger partial charge on any atom is -0.379 e. The molecular formula is C12H31NO5S. The highest BCUT2D eigenvalue weighted by molar-refractivity contribution is 7.81. The normalized spacial score (nSPS) is 10.6. The third-order valence-electron chi connectivity index (χ3n) is 2.22. The molecule has 0 rings (SSSR count). The van der Waals surface area contributed by atoms with Crippen molar-refractivity contribution in [3.05, 3.63) is 0 Å². The molecule has 0 unspecified atom stereocenters. The summed E-state index contributed by atoms with van der Waals surface area (Å²) in [5, 5.41) is 0. The van der Waals surface area contributed by atoms with E-state index in [9.17, 15) is 8.42 Å². The number of hydrogen-bond donors (Lipinski definition) is 1. The predicted molar refractivity (Wildman–Crippen MR) is 77.8 cm³/mol. The van der Waals surface area contributed by atoms with Gasteiger partial charge in [-0.15, -0.1) is 0 Å². The van der Waals surface area contributed by atoms with E-state index < -0.39 is 10.4 Å². The van der Waals surface area contributed by atoms with Crippen LogP contribution in [0.5, 0.6) is 0 Å². The van der Waals surface area contributed by atoms with Gasteiger partial charge in [-0.25, -0.2) is 4.18 Å². The molecule has 0 aromatic rings. The topological polar surface area (TPSA) is 87.8 Å². The highest BCUT2D eigenvalue weighted by Gasteiger charge is 2.08. The number of unbranched alkanes of at least 4 members (excludes halogenated alkanes) is 5. The SMILES string of the molecule is C.C.CCCCCCCCOCCOS(=O)(=O)ON. The van der Waals surface area contributed by atoms with Crippen LogP contribution in [-0.4, -0.2) is 28.2 Å². The van der Waals surface area contributed by atoms with E-state index in [1.165, 1.54) is 25.7 Å². The van der Waals surface area contributed by atoms with Crippen LogP contribution in [0.15, 0.2) is 0 Å². The maximum absolute atomic E-state index is 10.6. The van der Waals surface area contributed by atoms with Crippen molar-refractivity contribution in [2.75, 3.05) is 19.8 Å². The van der Waals surface area contributed by atoms with Crippen molar-refractivity contribution >= 4 is 10.4 Å². The summed E-state index contributed by atoms with van der Waals surface area (Å²) in [6.07, 6.45) is 7.15. The molecule has 0 aliphatic heterocycles. The molecule has 0 saturated carbocycles. The van der Waals surface area contributed by atoms with Crippen molar-refractivity contribution in [2.24, 2.45) is 5.90 Å². The van der Waals surface area contributed by atoms with Crippen LogP contribution in [-0.2, 0) is 23.6 Å². The molecule has 0 atom stereocenters. The molecule has 0 aromatic heterocycles. The van der Waals surface area contributed by atoms with E-state index in [2.05, 4.69) is 21.3 Å². The molecule has 0 radical (unpaired) electrons. The molecule has 0 saturated heterocycles. The first-order valence-corrected chi connectivity index (χ1v) is 7.31. The van der Waals surface area contributed by atoms with Gasteiger partial charge in [0.05, 0.1) is 13.2 Å². The summed E-state index contributed by atoms with van der Waals surface area (Å²) in [5.41, 5.74) is 0. The summed E-state index contributed by atoms with van der Waals surface area (Å²) in [6.45, 7) is 2.95. The van der Waals surface area contributed by atoms with Crippen LogP contribution in [0.25, 0.3) is 0 Å². The Labute approximate surface area is 118 Å². The lowest BCUT2D eigenvalue weighted by Crippen LogP contribution is -2.17. The average molecular weight is 301 g/mol. The van der Waals surface area contributed by atoms with E-state index in [-0.39, 0.29) is 28.1 Å². The minimum atomic E-state index is -4.03. The Bertz CT molecular complexity index is 257. The van der Waals surface area contributed by atoms with Crippen LogP contribution in [0.4, 0.5) is 0 Å². The van der Waals surface area contributed by atoms with E-state index in [0.717, 1.165) is 12.8 Å². The monoisotopic (exact) mass is 301 g/mol. The lowest BCUT2D eigenvalue weighted by atomic mass is 10.1. The second-order valence-electron chi connectivity index (χ2n) is 3.71. The van der Waals surface area contributed by atoms with Gasteiger partial charge in [-0.05, 0) is 6.42 Å². The Morgan fingerprint density at radius 2 is 1.47 bits per heavy atom. The highest BCUT2D eigenvalue weighted by Crippen LogP contribution is 2.04. The fraction of sp³-hybridized carbons (Fsp3) is 1.00. The van der Waals surface area contributed by atoms with Crippen LogP contribution in [0, 0.1) is 0 Å². The van der Waals surface area contributed by atoms with Crippen molar-refractivity contribution in [3.8, 4) is 0 Å². The number of ether oxygens (including phenoxy) is 1. The van der Waals surface area contributed by atoms with Crippen molar-refractivity contribution in [1.29, 1.82) is 0 Å². The van der Waals surface area contributed by atoms with Gasteiger partial charge >= 0.3 is 10.4 Å². The Morgan fingerprint density at radius 3 is 2.05 bits per heavy atom. The van der Waals surface area contributed by atoms with E-state index in [0.29, 0.717) is 6.61 Å².